The van der Waals surface area contributed by atoms with Crippen molar-refractivity contribution in [1.82, 2.24) is 0 Å². The summed E-state index contributed by atoms with van der Waals surface area (Å²) in [4.78, 5) is 11.1. The Morgan fingerprint density at radius 3 is 2.85 bits per heavy atom. The van der Waals surface area contributed by atoms with Gasteiger partial charge in [0.25, 0.3) is 0 Å². The van der Waals surface area contributed by atoms with Gasteiger partial charge in [0, 0.05) is 11.5 Å². The predicted octanol–water partition coefficient (Wildman–Crippen LogP) is 0.949. The highest BCUT2D eigenvalue weighted by molar-refractivity contribution is 5.68. The van der Waals surface area contributed by atoms with Crippen molar-refractivity contribution in [3.63, 3.8) is 0 Å². The highest BCUT2D eigenvalue weighted by Gasteiger charge is 2.83. The van der Waals surface area contributed by atoms with Crippen molar-refractivity contribution in [1.29, 1.82) is 0 Å². The molecule has 0 aromatic carbocycles. The molecule has 6 atom stereocenters. The molecule has 0 aromatic rings. The zero-order valence-electron chi connectivity index (χ0n) is 7.70. The Bertz CT molecular complexity index is 315. The van der Waals surface area contributed by atoms with E-state index in [-0.39, 0.29) is 5.41 Å². The molecule has 4 fully saturated rings. The first-order valence-corrected chi connectivity index (χ1v) is 5.45. The van der Waals surface area contributed by atoms with Gasteiger partial charge in [0.1, 0.15) is 6.29 Å². The summed E-state index contributed by atoms with van der Waals surface area (Å²) in [6.45, 7) is 0. The molecule has 2 bridgehead atoms. The van der Waals surface area contributed by atoms with E-state index in [9.17, 15) is 4.79 Å². The molecule has 0 heterocycles. The van der Waals surface area contributed by atoms with Crippen LogP contribution in [0, 0.1) is 28.6 Å². The van der Waals surface area contributed by atoms with Gasteiger partial charge in [-0.1, -0.05) is 0 Å². The number of nitrogens with two attached hydrogens (primary N) is 1. The van der Waals surface area contributed by atoms with Crippen molar-refractivity contribution in [3.05, 3.63) is 0 Å². The first kappa shape index (κ1) is 6.99. The van der Waals surface area contributed by atoms with Crippen molar-refractivity contribution in [3.8, 4) is 0 Å². The zero-order valence-corrected chi connectivity index (χ0v) is 7.70. The minimum Gasteiger partial charge on any atom is -0.327 e. The zero-order chi connectivity index (χ0) is 8.84. The Kier molecular flexibility index (Phi) is 0.862. The maximum atomic E-state index is 11.1. The molecule has 1 spiro atoms. The third kappa shape index (κ3) is 0.421. The van der Waals surface area contributed by atoms with E-state index in [0.717, 1.165) is 24.2 Å². The second-order valence-electron chi connectivity index (χ2n) is 5.80. The Balaban J connectivity index is 1.86. The lowest BCUT2D eigenvalue weighted by Crippen LogP contribution is -2.72. The fourth-order valence-electron chi connectivity index (χ4n) is 5.48. The van der Waals surface area contributed by atoms with E-state index >= 15 is 0 Å². The van der Waals surface area contributed by atoms with Crippen molar-refractivity contribution in [2.24, 2.45) is 34.3 Å². The summed E-state index contributed by atoms with van der Waals surface area (Å²) in [5, 5.41) is 0. The van der Waals surface area contributed by atoms with Crippen molar-refractivity contribution in [2.45, 2.75) is 31.7 Å². The Hall–Kier alpha value is -0.370. The van der Waals surface area contributed by atoms with Gasteiger partial charge in [-0.2, -0.15) is 0 Å². The first-order chi connectivity index (χ1) is 6.23. The molecule has 0 aromatic heterocycles. The molecule has 0 radical (unpaired) electrons. The van der Waals surface area contributed by atoms with E-state index < -0.39 is 0 Å². The second-order valence-corrected chi connectivity index (χ2v) is 5.80. The summed E-state index contributed by atoms with van der Waals surface area (Å²) in [7, 11) is 0. The van der Waals surface area contributed by atoms with Crippen LogP contribution in [0.25, 0.3) is 0 Å². The highest BCUT2D eigenvalue weighted by atomic mass is 16.1. The second kappa shape index (κ2) is 1.60. The number of fused-ring (bicyclic) bond motifs is 1. The van der Waals surface area contributed by atoms with Crippen LogP contribution in [0.1, 0.15) is 25.7 Å². The molecule has 70 valence electrons. The standard InChI is InChI=1S/C11H15NO/c12-9-6-1-7-3-10(5-13)4-8(9)11(7,10)2-6/h5-9H,1-4,12H2. The van der Waals surface area contributed by atoms with Crippen molar-refractivity contribution < 1.29 is 4.79 Å². The summed E-state index contributed by atoms with van der Waals surface area (Å²) >= 11 is 0. The van der Waals surface area contributed by atoms with Gasteiger partial charge in [-0.05, 0) is 48.9 Å². The minimum absolute atomic E-state index is 0.116. The van der Waals surface area contributed by atoms with Crippen LogP contribution in [-0.2, 0) is 4.79 Å². The molecular weight excluding hydrogens is 162 g/mol. The molecule has 0 amide bonds. The van der Waals surface area contributed by atoms with Gasteiger partial charge in [0.05, 0.1) is 0 Å². The molecular formula is C11H15NO. The average molecular weight is 177 g/mol. The van der Waals surface area contributed by atoms with E-state index in [1.807, 2.05) is 0 Å². The lowest BCUT2D eigenvalue weighted by molar-refractivity contribution is -0.242. The molecule has 4 aliphatic carbocycles. The Morgan fingerprint density at radius 1 is 1.31 bits per heavy atom. The van der Waals surface area contributed by atoms with Gasteiger partial charge in [0.2, 0.25) is 0 Å². The van der Waals surface area contributed by atoms with Crippen LogP contribution in [-0.4, -0.2) is 12.3 Å². The highest BCUT2D eigenvalue weighted by Crippen LogP contribution is 2.85. The van der Waals surface area contributed by atoms with E-state index in [1.165, 1.54) is 25.5 Å². The summed E-state index contributed by atoms with van der Waals surface area (Å²) in [6.07, 6.45) is 6.18. The molecule has 0 saturated heterocycles. The van der Waals surface area contributed by atoms with Crippen LogP contribution >= 0.6 is 0 Å². The van der Waals surface area contributed by atoms with Gasteiger partial charge in [-0.3, -0.25) is 0 Å². The molecule has 2 heteroatoms. The normalized spacial score (nSPS) is 71.2. The van der Waals surface area contributed by atoms with Gasteiger partial charge in [-0.15, -0.1) is 0 Å². The molecule has 13 heavy (non-hydrogen) atoms. The number of carbonyl (C=O) groups is 1. The van der Waals surface area contributed by atoms with Crippen LogP contribution in [0.2, 0.25) is 0 Å². The molecule has 6 unspecified atom stereocenters. The number of carbonyl (C=O) groups excluding carboxylic acids is 1. The van der Waals surface area contributed by atoms with Gasteiger partial charge < -0.3 is 10.5 Å². The SMILES string of the molecule is NC1C2CC3CC4(C=O)CC1C34C2. The maximum Gasteiger partial charge on any atom is 0.126 e. The first-order valence-electron chi connectivity index (χ1n) is 5.45. The smallest absolute Gasteiger partial charge is 0.126 e. The topological polar surface area (TPSA) is 43.1 Å². The van der Waals surface area contributed by atoms with Crippen LogP contribution in [0.15, 0.2) is 0 Å². The summed E-state index contributed by atoms with van der Waals surface area (Å²) in [5.41, 5.74) is 6.73. The molecule has 2 N–H and O–H groups in total. The average Bonchev–Trinajstić information content (AvgIpc) is 2.58. The maximum absolute atomic E-state index is 11.1. The van der Waals surface area contributed by atoms with E-state index in [1.54, 1.807) is 0 Å². The minimum atomic E-state index is 0.116. The molecule has 4 rings (SSSR count). The third-order valence-corrected chi connectivity index (χ3v) is 5.93. The number of aldehydes is 1. The number of hydrogen-bond acceptors (Lipinski definition) is 2. The van der Waals surface area contributed by atoms with Crippen LogP contribution < -0.4 is 5.73 Å². The quantitative estimate of drug-likeness (QED) is 0.606. The third-order valence-electron chi connectivity index (χ3n) is 5.93. The Labute approximate surface area is 77.9 Å². The fraction of sp³-hybridized carbons (Fsp3) is 0.909. The van der Waals surface area contributed by atoms with Crippen molar-refractivity contribution in [2.75, 3.05) is 0 Å². The predicted molar refractivity (Wildman–Crippen MR) is 47.8 cm³/mol. The molecule has 2 nitrogen and oxygen atoms in total. The molecule has 4 aliphatic rings. The van der Waals surface area contributed by atoms with Gasteiger partial charge in [-0.25, -0.2) is 0 Å². The Morgan fingerprint density at radius 2 is 2.15 bits per heavy atom. The van der Waals surface area contributed by atoms with E-state index in [2.05, 4.69) is 0 Å². The van der Waals surface area contributed by atoms with E-state index in [0.29, 0.717) is 11.5 Å². The lowest BCUT2D eigenvalue weighted by atomic mass is 9.30. The van der Waals surface area contributed by atoms with Crippen molar-refractivity contribution >= 4 is 6.29 Å². The lowest BCUT2D eigenvalue weighted by Gasteiger charge is -2.73. The summed E-state index contributed by atoms with van der Waals surface area (Å²) < 4.78 is 0. The number of hydrogen-bond donors (Lipinski definition) is 1. The monoisotopic (exact) mass is 177 g/mol. The van der Waals surface area contributed by atoms with Crippen LogP contribution in [0.3, 0.4) is 0 Å². The number of rotatable bonds is 1. The molecule has 4 saturated carbocycles. The largest absolute Gasteiger partial charge is 0.327 e. The molecule has 0 aliphatic heterocycles. The fourth-order valence-corrected chi connectivity index (χ4v) is 5.48. The van der Waals surface area contributed by atoms with Crippen LogP contribution in [0.4, 0.5) is 0 Å². The summed E-state index contributed by atoms with van der Waals surface area (Å²) in [5.74, 6) is 2.36. The van der Waals surface area contributed by atoms with Gasteiger partial charge >= 0.3 is 0 Å². The van der Waals surface area contributed by atoms with Crippen LogP contribution in [0.5, 0.6) is 0 Å². The van der Waals surface area contributed by atoms with E-state index in [4.69, 9.17) is 5.73 Å². The van der Waals surface area contributed by atoms with Gasteiger partial charge in [0.15, 0.2) is 0 Å². The summed E-state index contributed by atoms with van der Waals surface area (Å²) in [6, 6.07) is 0.435.